The molecule has 0 unspecified atom stereocenters. The number of rotatable bonds is 7. The highest BCUT2D eigenvalue weighted by molar-refractivity contribution is 5.76. The van der Waals surface area contributed by atoms with Crippen molar-refractivity contribution in [1.29, 1.82) is 0 Å². The van der Waals surface area contributed by atoms with Gasteiger partial charge in [-0.3, -0.25) is 4.79 Å². The van der Waals surface area contributed by atoms with Gasteiger partial charge in [-0.15, -0.1) is 0 Å². The van der Waals surface area contributed by atoms with E-state index < -0.39 is 0 Å². The van der Waals surface area contributed by atoms with E-state index in [9.17, 15) is 4.79 Å². The maximum absolute atomic E-state index is 11.5. The number of carbonyl (C=O) groups excluding carboxylic acids is 1. The minimum Gasteiger partial charge on any atom is -0.454 e. The molecule has 0 saturated carbocycles. The summed E-state index contributed by atoms with van der Waals surface area (Å²) in [6.07, 6.45) is 2.59. The SMILES string of the molecule is CCCCNC(=O)CCNc1ccc2c(c1)OCO2. The van der Waals surface area contributed by atoms with Crippen molar-refractivity contribution < 1.29 is 14.3 Å². The third-order valence-corrected chi connectivity index (χ3v) is 2.91. The first-order valence-corrected chi connectivity index (χ1v) is 6.70. The zero-order valence-electron chi connectivity index (χ0n) is 11.2. The third-order valence-electron chi connectivity index (χ3n) is 2.91. The summed E-state index contributed by atoms with van der Waals surface area (Å²) in [4.78, 5) is 11.5. The Balaban J connectivity index is 1.69. The number of nitrogens with one attached hydrogen (secondary N) is 2. The predicted molar refractivity (Wildman–Crippen MR) is 73.6 cm³/mol. The van der Waals surface area contributed by atoms with Crippen LogP contribution in [-0.2, 0) is 4.79 Å². The smallest absolute Gasteiger partial charge is 0.231 e. The molecule has 0 aliphatic carbocycles. The fourth-order valence-electron chi connectivity index (χ4n) is 1.82. The lowest BCUT2D eigenvalue weighted by molar-refractivity contribution is -0.120. The van der Waals surface area contributed by atoms with Crippen molar-refractivity contribution in [2.45, 2.75) is 26.2 Å². The van der Waals surface area contributed by atoms with E-state index in [1.165, 1.54) is 0 Å². The number of hydrogen-bond donors (Lipinski definition) is 2. The summed E-state index contributed by atoms with van der Waals surface area (Å²) in [6, 6.07) is 5.67. The van der Waals surface area contributed by atoms with Crippen LogP contribution in [0.4, 0.5) is 5.69 Å². The molecule has 1 aromatic carbocycles. The van der Waals surface area contributed by atoms with Gasteiger partial charge in [0, 0.05) is 31.3 Å². The molecule has 0 aromatic heterocycles. The average molecular weight is 264 g/mol. The van der Waals surface area contributed by atoms with Gasteiger partial charge in [-0.05, 0) is 18.6 Å². The van der Waals surface area contributed by atoms with Gasteiger partial charge in [-0.25, -0.2) is 0 Å². The highest BCUT2D eigenvalue weighted by Gasteiger charge is 2.12. The van der Waals surface area contributed by atoms with E-state index in [1.807, 2.05) is 18.2 Å². The van der Waals surface area contributed by atoms with Crippen LogP contribution in [0.1, 0.15) is 26.2 Å². The van der Waals surface area contributed by atoms with Crippen LogP contribution in [0.15, 0.2) is 18.2 Å². The van der Waals surface area contributed by atoms with Crippen LogP contribution in [0.2, 0.25) is 0 Å². The number of amides is 1. The van der Waals surface area contributed by atoms with Crippen molar-refractivity contribution in [3.8, 4) is 11.5 Å². The normalized spacial score (nSPS) is 12.3. The van der Waals surface area contributed by atoms with E-state index in [4.69, 9.17) is 9.47 Å². The maximum atomic E-state index is 11.5. The summed E-state index contributed by atoms with van der Waals surface area (Å²) >= 11 is 0. The molecule has 0 saturated heterocycles. The van der Waals surface area contributed by atoms with Crippen LogP contribution in [0.25, 0.3) is 0 Å². The number of anilines is 1. The standard InChI is InChI=1S/C14H20N2O3/c1-2-3-7-16-14(17)6-8-15-11-4-5-12-13(9-11)19-10-18-12/h4-5,9,15H,2-3,6-8,10H2,1H3,(H,16,17). The van der Waals surface area contributed by atoms with Crippen molar-refractivity contribution in [1.82, 2.24) is 5.32 Å². The molecular formula is C14H20N2O3. The second-order valence-corrected chi connectivity index (χ2v) is 4.45. The first-order valence-electron chi connectivity index (χ1n) is 6.70. The summed E-state index contributed by atoms with van der Waals surface area (Å²) in [6.45, 7) is 3.75. The lowest BCUT2D eigenvalue weighted by atomic mass is 10.2. The number of benzene rings is 1. The highest BCUT2D eigenvalue weighted by Crippen LogP contribution is 2.34. The summed E-state index contributed by atoms with van der Waals surface area (Å²) in [5, 5.41) is 6.09. The summed E-state index contributed by atoms with van der Waals surface area (Å²) in [5.41, 5.74) is 0.936. The molecule has 5 heteroatoms. The number of fused-ring (bicyclic) bond motifs is 1. The Morgan fingerprint density at radius 2 is 2.11 bits per heavy atom. The molecule has 0 radical (unpaired) electrons. The zero-order chi connectivity index (χ0) is 13.5. The van der Waals surface area contributed by atoms with E-state index in [0.29, 0.717) is 13.0 Å². The van der Waals surface area contributed by atoms with Crippen molar-refractivity contribution >= 4 is 11.6 Å². The molecule has 104 valence electrons. The van der Waals surface area contributed by atoms with Gasteiger partial charge in [0.05, 0.1) is 0 Å². The summed E-state index contributed by atoms with van der Waals surface area (Å²) in [5.74, 6) is 1.60. The minimum atomic E-state index is 0.0849. The molecule has 0 atom stereocenters. The maximum Gasteiger partial charge on any atom is 0.231 e. The molecule has 0 bridgehead atoms. The lowest BCUT2D eigenvalue weighted by Gasteiger charge is -2.07. The van der Waals surface area contributed by atoms with Crippen LogP contribution in [0, 0.1) is 0 Å². The van der Waals surface area contributed by atoms with E-state index in [2.05, 4.69) is 17.6 Å². The zero-order valence-corrected chi connectivity index (χ0v) is 11.2. The lowest BCUT2D eigenvalue weighted by Crippen LogP contribution is -2.26. The Bertz CT molecular complexity index is 435. The summed E-state index contributed by atoms with van der Waals surface area (Å²) < 4.78 is 10.5. The first-order chi connectivity index (χ1) is 9.29. The van der Waals surface area contributed by atoms with E-state index in [1.54, 1.807) is 0 Å². The Hall–Kier alpha value is -1.91. The molecule has 19 heavy (non-hydrogen) atoms. The van der Waals surface area contributed by atoms with Crippen LogP contribution >= 0.6 is 0 Å². The van der Waals surface area contributed by atoms with E-state index >= 15 is 0 Å². The molecule has 1 aliphatic rings. The monoisotopic (exact) mass is 264 g/mol. The minimum absolute atomic E-state index is 0.0849. The van der Waals surface area contributed by atoms with Crippen molar-refractivity contribution in [3.63, 3.8) is 0 Å². The van der Waals surface area contributed by atoms with Gasteiger partial charge in [0.2, 0.25) is 12.7 Å². The third kappa shape index (κ3) is 4.05. The fourth-order valence-corrected chi connectivity index (χ4v) is 1.82. The van der Waals surface area contributed by atoms with Crippen LogP contribution < -0.4 is 20.1 Å². The van der Waals surface area contributed by atoms with Gasteiger partial charge < -0.3 is 20.1 Å². The quantitative estimate of drug-likeness (QED) is 0.741. The average Bonchev–Trinajstić information content (AvgIpc) is 2.86. The van der Waals surface area contributed by atoms with Crippen molar-refractivity contribution in [2.24, 2.45) is 0 Å². The second kappa shape index (κ2) is 6.87. The van der Waals surface area contributed by atoms with Gasteiger partial charge in [-0.2, -0.15) is 0 Å². The van der Waals surface area contributed by atoms with E-state index in [0.717, 1.165) is 36.6 Å². The van der Waals surface area contributed by atoms with Crippen LogP contribution in [0.3, 0.4) is 0 Å². The number of ether oxygens (including phenoxy) is 2. The van der Waals surface area contributed by atoms with Gasteiger partial charge in [-0.1, -0.05) is 13.3 Å². The molecule has 1 amide bonds. The van der Waals surface area contributed by atoms with E-state index in [-0.39, 0.29) is 12.7 Å². The van der Waals surface area contributed by atoms with Crippen LogP contribution in [0.5, 0.6) is 11.5 Å². The Morgan fingerprint density at radius 1 is 1.26 bits per heavy atom. The van der Waals surface area contributed by atoms with Crippen molar-refractivity contribution in [3.05, 3.63) is 18.2 Å². The molecule has 2 N–H and O–H groups in total. The van der Waals surface area contributed by atoms with Gasteiger partial charge >= 0.3 is 0 Å². The molecule has 1 aromatic rings. The molecule has 5 nitrogen and oxygen atoms in total. The molecule has 0 fully saturated rings. The predicted octanol–water partition coefficient (Wildman–Crippen LogP) is 2.13. The Morgan fingerprint density at radius 3 is 2.95 bits per heavy atom. The molecular weight excluding hydrogens is 244 g/mol. The van der Waals surface area contributed by atoms with Gasteiger partial charge in [0.1, 0.15) is 0 Å². The molecule has 1 aliphatic heterocycles. The first kappa shape index (κ1) is 13.5. The highest BCUT2D eigenvalue weighted by atomic mass is 16.7. The van der Waals surface area contributed by atoms with Gasteiger partial charge in [0.25, 0.3) is 0 Å². The second-order valence-electron chi connectivity index (χ2n) is 4.45. The number of unbranched alkanes of at least 4 members (excludes halogenated alkanes) is 1. The number of carbonyl (C=O) groups is 1. The fraction of sp³-hybridized carbons (Fsp3) is 0.500. The van der Waals surface area contributed by atoms with Crippen LogP contribution in [-0.4, -0.2) is 25.8 Å². The van der Waals surface area contributed by atoms with Crippen molar-refractivity contribution in [2.75, 3.05) is 25.2 Å². The van der Waals surface area contributed by atoms with Gasteiger partial charge in [0.15, 0.2) is 11.5 Å². The number of hydrogen-bond acceptors (Lipinski definition) is 4. The Kier molecular flexibility index (Phi) is 4.89. The molecule has 0 spiro atoms. The molecule has 1 heterocycles. The Labute approximate surface area is 113 Å². The summed E-state index contributed by atoms with van der Waals surface area (Å²) in [7, 11) is 0. The largest absolute Gasteiger partial charge is 0.454 e. The topological polar surface area (TPSA) is 59.6 Å². The molecule has 2 rings (SSSR count).